The van der Waals surface area contributed by atoms with Gasteiger partial charge in [-0.1, -0.05) is 32.4 Å². The van der Waals surface area contributed by atoms with Crippen LogP contribution in [0.4, 0.5) is 0 Å². The van der Waals surface area contributed by atoms with E-state index in [2.05, 4.69) is 19.1 Å². The van der Waals surface area contributed by atoms with E-state index in [0.29, 0.717) is 6.61 Å². The van der Waals surface area contributed by atoms with Crippen molar-refractivity contribution in [1.82, 2.24) is 0 Å². The number of ether oxygens (including phenoxy) is 1. The molecule has 1 N–H and O–H groups in total. The summed E-state index contributed by atoms with van der Waals surface area (Å²) in [7, 11) is 0. The summed E-state index contributed by atoms with van der Waals surface area (Å²) in [4.78, 5) is 0. The lowest BCUT2D eigenvalue weighted by atomic mass is 10.1. The Balaban J connectivity index is 2.28. The molecule has 0 aliphatic rings. The molecular formula is C15H24O2. The van der Waals surface area contributed by atoms with Gasteiger partial charge in [0.2, 0.25) is 0 Å². The Morgan fingerprint density at radius 2 is 2.12 bits per heavy atom. The van der Waals surface area contributed by atoms with E-state index in [1.165, 1.54) is 5.56 Å². The molecule has 1 aromatic rings. The minimum absolute atomic E-state index is 0.176. The van der Waals surface area contributed by atoms with Crippen LogP contribution < -0.4 is 4.74 Å². The first-order valence-electron chi connectivity index (χ1n) is 6.66. The van der Waals surface area contributed by atoms with Crippen LogP contribution in [-0.4, -0.2) is 17.8 Å². The van der Waals surface area contributed by atoms with Gasteiger partial charge in [0.15, 0.2) is 0 Å². The SMILES string of the molecule is CCCc1cccc(OCCCC(O)CC)c1. The normalized spacial score (nSPS) is 12.4. The topological polar surface area (TPSA) is 29.5 Å². The number of benzene rings is 1. The maximum Gasteiger partial charge on any atom is 0.119 e. The van der Waals surface area contributed by atoms with Gasteiger partial charge < -0.3 is 9.84 Å². The Labute approximate surface area is 105 Å². The molecule has 0 saturated carbocycles. The van der Waals surface area contributed by atoms with Crippen molar-refractivity contribution in [3.63, 3.8) is 0 Å². The van der Waals surface area contributed by atoms with Gasteiger partial charge in [-0.2, -0.15) is 0 Å². The summed E-state index contributed by atoms with van der Waals surface area (Å²) in [6.07, 6.45) is 4.65. The van der Waals surface area contributed by atoms with E-state index in [1.807, 2.05) is 19.1 Å². The third-order valence-electron chi connectivity index (χ3n) is 2.86. The maximum atomic E-state index is 9.41. The van der Waals surface area contributed by atoms with E-state index >= 15 is 0 Å². The molecule has 1 aromatic carbocycles. The van der Waals surface area contributed by atoms with Crippen LogP contribution in [0, 0.1) is 0 Å². The molecule has 0 spiro atoms. The second-order valence-corrected chi connectivity index (χ2v) is 4.45. The fourth-order valence-corrected chi connectivity index (χ4v) is 1.79. The molecule has 2 nitrogen and oxygen atoms in total. The average Bonchev–Trinajstić information content (AvgIpc) is 2.35. The smallest absolute Gasteiger partial charge is 0.119 e. The van der Waals surface area contributed by atoms with Crippen molar-refractivity contribution in [2.45, 2.75) is 52.1 Å². The fraction of sp³-hybridized carbons (Fsp3) is 0.600. The predicted octanol–water partition coefficient (Wildman–Crippen LogP) is 3.57. The monoisotopic (exact) mass is 236 g/mol. The molecular weight excluding hydrogens is 212 g/mol. The molecule has 0 amide bonds. The molecule has 2 heteroatoms. The minimum atomic E-state index is -0.176. The van der Waals surface area contributed by atoms with E-state index in [0.717, 1.165) is 37.9 Å². The highest BCUT2D eigenvalue weighted by atomic mass is 16.5. The van der Waals surface area contributed by atoms with Gasteiger partial charge in [-0.05, 0) is 43.4 Å². The summed E-state index contributed by atoms with van der Waals surface area (Å²) in [6, 6.07) is 8.29. The Kier molecular flexibility index (Phi) is 6.71. The van der Waals surface area contributed by atoms with Crippen LogP contribution in [0.1, 0.15) is 45.1 Å². The zero-order chi connectivity index (χ0) is 12.5. The molecule has 0 aliphatic heterocycles. The van der Waals surface area contributed by atoms with Crippen molar-refractivity contribution in [3.8, 4) is 5.75 Å². The van der Waals surface area contributed by atoms with Crippen molar-refractivity contribution < 1.29 is 9.84 Å². The first-order chi connectivity index (χ1) is 8.26. The van der Waals surface area contributed by atoms with E-state index in [9.17, 15) is 5.11 Å². The van der Waals surface area contributed by atoms with Crippen molar-refractivity contribution in [2.75, 3.05) is 6.61 Å². The van der Waals surface area contributed by atoms with Crippen LogP contribution in [0.3, 0.4) is 0 Å². The molecule has 1 atom stereocenters. The number of hydrogen-bond donors (Lipinski definition) is 1. The number of rotatable bonds is 8. The second-order valence-electron chi connectivity index (χ2n) is 4.45. The maximum absolute atomic E-state index is 9.41. The molecule has 1 unspecified atom stereocenters. The fourth-order valence-electron chi connectivity index (χ4n) is 1.79. The first kappa shape index (κ1) is 14.0. The summed E-state index contributed by atoms with van der Waals surface area (Å²) >= 11 is 0. The van der Waals surface area contributed by atoms with Crippen molar-refractivity contribution in [3.05, 3.63) is 29.8 Å². The number of aryl methyl sites for hydroxylation is 1. The lowest BCUT2D eigenvalue weighted by Crippen LogP contribution is -2.07. The molecule has 0 aliphatic carbocycles. The van der Waals surface area contributed by atoms with Gasteiger partial charge in [0.25, 0.3) is 0 Å². The molecule has 96 valence electrons. The van der Waals surface area contributed by atoms with Crippen molar-refractivity contribution >= 4 is 0 Å². The lowest BCUT2D eigenvalue weighted by molar-refractivity contribution is 0.149. The van der Waals surface area contributed by atoms with Crippen LogP contribution >= 0.6 is 0 Å². The second kappa shape index (κ2) is 8.13. The highest BCUT2D eigenvalue weighted by molar-refractivity contribution is 5.28. The van der Waals surface area contributed by atoms with Crippen LogP contribution in [0.2, 0.25) is 0 Å². The predicted molar refractivity (Wildman–Crippen MR) is 71.5 cm³/mol. The standard InChI is InChI=1S/C15H24O2/c1-3-7-13-8-5-10-15(12-13)17-11-6-9-14(16)4-2/h5,8,10,12,14,16H,3-4,6-7,9,11H2,1-2H3. The van der Waals surface area contributed by atoms with Gasteiger partial charge >= 0.3 is 0 Å². The summed E-state index contributed by atoms with van der Waals surface area (Å²) in [5, 5.41) is 9.41. The summed E-state index contributed by atoms with van der Waals surface area (Å²) in [5.74, 6) is 0.946. The number of aliphatic hydroxyl groups is 1. The molecule has 0 radical (unpaired) electrons. The van der Waals surface area contributed by atoms with Gasteiger partial charge in [-0.25, -0.2) is 0 Å². The third-order valence-corrected chi connectivity index (χ3v) is 2.86. The summed E-state index contributed by atoms with van der Waals surface area (Å²) < 4.78 is 5.68. The largest absolute Gasteiger partial charge is 0.494 e. The van der Waals surface area contributed by atoms with Gasteiger partial charge in [0.1, 0.15) is 5.75 Å². The van der Waals surface area contributed by atoms with E-state index in [1.54, 1.807) is 0 Å². The lowest BCUT2D eigenvalue weighted by Gasteiger charge is -2.09. The Bertz CT molecular complexity index is 310. The zero-order valence-electron chi connectivity index (χ0n) is 11.0. The Hall–Kier alpha value is -1.02. The third kappa shape index (κ3) is 5.73. The molecule has 17 heavy (non-hydrogen) atoms. The summed E-state index contributed by atoms with van der Waals surface area (Å²) in [5.41, 5.74) is 1.33. The number of hydrogen-bond acceptors (Lipinski definition) is 2. The molecule has 0 bridgehead atoms. The van der Waals surface area contributed by atoms with Crippen LogP contribution in [0.25, 0.3) is 0 Å². The summed E-state index contributed by atoms with van der Waals surface area (Å²) in [6.45, 7) is 4.87. The van der Waals surface area contributed by atoms with Gasteiger partial charge in [0, 0.05) is 0 Å². The highest BCUT2D eigenvalue weighted by Crippen LogP contribution is 2.15. The van der Waals surface area contributed by atoms with Gasteiger partial charge in [0.05, 0.1) is 12.7 Å². The zero-order valence-corrected chi connectivity index (χ0v) is 11.0. The molecule has 1 rings (SSSR count). The molecule has 0 saturated heterocycles. The molecule has 0 heterocycles. The van der Waals surface area contributed by atoms with E-state index < -0.39 is 0 Å². The first-order valence-corrected chi connectivity index (χ1v) is 6.66. The quantitative estimate of drug-likeness (QED) is 0.699. The van der Waals surface area contributed by atoms with Crippen molar-refractivity contribution in [1.29, 1.82) is 0 Å². The average molecular weight is 236 g/mol. The molecule has 0 aromatic heterocycles. The Morgan fingerprint density at radius 1 is 1.29 bits per heavy atom. The minimum Gasteiger partial charge on any atom is -0.494 e. The van der Waals surface area contributed by atoms with E-state index in [-0.39, 0.29) is 6.10 Å². The van der Waals surface area contributed by atoms with E-state index in [4.69, 9.17) is 4.74 Å². The molecule has 0 fully saturated rings. The van der Waals surface area contributed by atoms with Crippen LogP contribution in [0.5, 0.6) is 5.75 Å². The van der Waals surface area contributed by atoms with Gasteiger partial charge in [-0.3, -0.25) is 0 Å². The van der Waals surface area contributed by atoms with Crippen molar-refractivity contribution in [2.24, 2.45) is 0 Å². The van der Waals surface area contributed by atoms with Crippen LogP contribution in [-0.2, 0) is 6.42 Å². The highest BCUT2D eigenvalue weighted by Gasteiger charge is 2.01. The van der Waals surface area contributed by atoms with Gasteiger partial charge in [-0.15, -0.1) is 0 Å². The van der Waals surface area contributed by atoms with Crippen LogP contribution in [0.15, 0.2) is 24.3 Å². The number of aliphatic hydroxyl groups excluding tert-OH is 1. The Morgan fingerprint density at radius 3 is 2.82 bits per heavy atom.